The minimum absolute atomic E-state index is 0.146. The molecule has 0 bridgehead atoms. The molecule has 23 heavy (non-hydrogen) atoms. The molecule has 0 saturated heterocycles. The van der Waals surface area contributed by atoms with Gasteiger partial charge in [0.1, 0.15) is 17.6 Å². The molecule has 0 aliphatic heterocycles. The van der Waals surface area contributed by atoms with Crippen LogP contribution in [0.2, 0.25) is 0 Å². The number of hydrogen-bond acceptors (Lipinski definition) is 5. The van der Waals surface area contributed by atoms with Gasteiger partial charge in [0, 0.05) is 18.7 Å². The Balaban J connectivity index is 2.17. The summed E-state index contributed by atoms with van der Waals surface area (Å²) in [5.74, 6) is 0.188. The standard InChI is InChI=1S/C16H22N2O5/c1-16(2,3)23-15(21)18-9-8-17-14(20)11-22-13-6-4-12(10-19)5-7-13/h4-7,10H,8-9,11H2,1-3H3,(H,17,20)(H,18,21). The second kappa shape index (κ2) is 8.77. The van der Waals surface area contributed by atoms with Crippen LogP contribution in [0.15, 0.2) is 24.3 Å². The Hall–Kier alpha value is -2.57. The van der Waals surface area contributed by atoms with Crippen LogP contribution in [-0.4, -0.2) is 43.6 Å². The van der Waals surface area contributed by atoms with Crippen molar-refractivity contribution in [2.45, 2.75) is 26.4 Å². The van der Waals surface area contributed by atoms with Crippen LogP contribution in [0.5, 0.6) is 5.75 Å². The van der Waals surface area contributed by atoms with Crippen LogP contribution in [0.4, 0.5) is 4.79 Å². The van der Waals surface area contributed by atoms with Crippen molar-refractivity contribution in [3.63, 3.8) is 0 Å². The molecule has 1 aromatic rings. The normalized spacial score (nSPS) is 10.6. The molecule has 1 rings (SSSR count). The molecule has 0 aromatic heterocycles. The molecule has 0 unspecified atom stereocenters. The molecule has 7 heteroatoms. The van der Waals surface area contributed by atoms with Gasteiger partial charge in [0.25, 0.3) is 5.91 Å². The van der Waals surface area contributed by atoms with Gasteiger partial charge >= 0.3 is 6.09 Å². The molecule has 2 amide bonds. The van der Waals surface area contributed by atoms with E-state index in [9.17, 15) is 14.4 Å². The van der Waals surface area contributed by atoms with Gasteiger partial charge in [-0.25, -0.2) is 4.79 Å². The predicted octanol–water partition coefficient (Wildman–Crippen LogP) is 1.52. The van der Waals surface area contributed by atoms with Gasteiger partial charge in [0.15, 0.2) is 6.61 Å². The summed E-state index contributed by atoms with van der Waals surface area (Å²) in [4.78, 5) is 33.5. The average Bonchev–Trinajstić information content (AvgIpc) is 2.48. The lowest BCUT2D eigenvalue weighted by molar-refractivity contribution is -0.123. The maximum Gasteiger partial charge on any atom is 0.407 e. The Bertz CT molecular complexity index is 534. The van der Waals surface area contributed by atoms with E-state index >= 15 is 0 Å². The zero-order chi connectivity index (χ0) is 17.3. The van der Waals surface area contributed by atoms with Crippen molar-refractivity contribution in [1.82, 2.24) is 10.6 Å². The summed E-state index contributed by atoms with van der Waals surface area (Å²) in [7, 11) is 0. The number of amides is 2. The van der Waals surface area contributed by atoms with Crippen molar-refractivity contribution in [3.8, 4) is 5.75 Å². The van der Waals surface area contributed by atoms with E-state index in [1.54, 1.807) is 45.0 Å². The highest BCUT2D eigenvalue weighted by Crippen LogP contribution is 2.10. The topological polar surface area (TPSA) is 93.7 Å². The number of carbonyl (C=O) groups is 3. The first kappa shape index (κ1) is 18.5. The first-order valence-electron chi connectivity index (χ1n) is 7.22. The predicted molar refractivity (Wildman–Crippen MR) is 84.6 cm³/mol. The summed E-state index contributed by atoms with van der Waals surface area (Å²) in [6.07, 6.45) is 0.201. The van der Waals surface area contributed by atoms with E-state index in [2.05, 4.69) is 10.6 Å². The van der Waals surface area contributed by atoms with Gasteiger partial charge in [-0.2, -0.15) is 0 Å². The van der Waals surface area contributed by atoms with E-state index in [0.29, 0.717) is 11.3 Å². The van der Waals surface area contributed by atoms with Gasteiger partial charge in [-0.1, -0.05) is 0 Å². The number of benzene rings is 1. The van der Waals surface area contributed by atoms with Crippen LogP contribution >= 0.6 is 0 Å². The van der Waals surface area contributed by atoms with E-state index in [1.165, 1.54) is 0 Å². The third-order valence-electron chi connectivity index (χ3n) is 2.50. The van der Waals surface area contributed by atoms with Gasteiger partial charge in [0.2, 0.25) is 0 Å². The largest absolute Gasteiger partial charge is 0.484 e. The molecular formula is C16H22N2O5. The number of aldehydes is 1. The first-order chi connectivity index (χ1) is 10.8. The maximum atomic E-state index is 11.6. The summed E-state index contributed by atoms with van der Waals surface area (Å²) >= 11 is 0. The molecule has 126 valence electrons. The van der Waals surface area contributed by atoms with Gasteiger partial charge in [-0.3, -0.25) is 9.59 Å². The Kier molecular flexibility index (Phi) is 7.05. The maximum absolute atomic E-state index is 11.6. The summed E-state index contributed by atoms with van der Waals surface area (Å²) in [6.45, 7) is 5.70. The number of carbonyl (C=O) groups excluding carboxylic acids is 3. The van der Waals surface area contributed by atoms with E-state index in [-0.39, 0.29) is 25.6 Å². The Morgan fingerprint density at radius 1 is 1.09 bits per heavy atom. The van der Waals surface area contributed by atoms with Crippen LogP contribution in [0.3, 0.4) is 0 Å². The van der Waals surface area contributed by atoms with E-state index in [1.807, 2.05) is 0 Å². The lowest BCUT2D eigenvalue weighted by Crippen LogP contribution is -2.39. The molecule has 0 spiro atoms. The minimum Gasteiger partial charge on any atom is -0.484 e. The van der Waals surface area contributed by atoms with Gasteiger partial charge in [0.05, 0.1) is 0 Å². The first-order valence-corrected chi connectivity index (χ1v) is 7.22. The molecular weight excluding hydrogens is 300 g/mol. The van der Waals surface area contributed by atoms with E-state index < -0.39 is 11.7 Å². The number of hydrogen-bond donors (Lipinski definition) is 2. The summed E-state index contributed by atoms with van der Waals surface area (Å²) in [6, 6.07) is 6.43. The van der Waals surface area contributed by atoms with Crippen molar-refractivity contribution < 1.29 is 23.9 Å². The van der Waals surface area contributed by atoms with Crippen LogP contribution < -0.4 is 15.4 Å². The second-order valence-corrected chi connectivity index (χ2v) is 5.75. The van der Waals surface area contributed by atoms with Crippen LogP contribution in [0.25, 0.3) is 0 Å². The zero-order valence-electron chi connectivity index (χ0n) is 13.5. The van der Waals surface area contributed by atoms with Crippen molar-refractivity contribution in [2.75, 3.05) is 19.7 Å². The van der Waals surface area contributed by atoms with E-state index in [0.717, 1.165) is 6.29 Å². The number of alkyl carbamates (subject to hydrolysis) is 1. The number of nitrogens with one attached hydrogen (secondary N) is 2. The third kappa shape index (κ3) is 8.45. The van der Waals surface area contributed by atoms with Gasteiger partial charge < -0.3 is 20.1 Å². The molecule has 1 aromatic carbocycles. The lowest BCUT2D eigenvalue weighted by atomic mass is 10.2. The second-order valence-electron chi connectivity index (χ2n) is 5.75. The molecule has 0 fully saturated rings. The Morgan fingerprint density at radius 3 is 2.26 bits per heavy atom. The monoisotopic (exact) mass is 322 g/mol. The van der Waals surface area contributed by atoms with Crippen molar-refractivity contribution in [3.05, 3.63) is 29.8 Å². The van der Waals surface area contributed by atoms with Gasteiger partial charge in [-0.05, 0) is 45.0 Å². The summed E-state index contributed by atoms with van der Waals surface area (Å²) < 4.78 is 10.3. The molecule has 0 aliphatic rings. The third-order valence-corrected chi connectivity index (χ3v) is 2.50. The number of rotatable bonds is 7. The highest BCUT2D eigenvalue weighted by molar-refractivity contribution is 5.78. The number of ether oxygens (including phenoxy) is 2. The zero-order valence-corrected chi connectivity index (χ0v) is 13.5. The molecule has 7 nitrogen and oxygen atoms in total. The summed E-state index contributed by atoms with van der Waals surface area (Å²) in [5.41, 5.74) is -0.0179. The molecule has 0 heterocycles. The lowest BCUT2D eigenvalue weighted by Gasteiger charge is -2.19. The van der Waals surface area contributed by atoms with Crippen LogP contribution in [0.1, 0.15) is 31.1 Å². The SMILES string of the molecule is CC(C)(C)OC(=O)NCCNC(=O)COc1ccc(C=O)cc1. The van der Waals surface area contributed by atoms with Crippen molar-refractivity contribution >= 4 is 18.3 Å². The van der Waals surface area contributed by atoms with Crippen molar-refractivity contribution in [1.29, 1.82) is 0 Å². The highest BCUT2D eigenvalue weighted by Gasteiger charge is 2.15. The summed E-state index contributed by atoms with van der Waals surface area (Å²) in [5, 5.41) is 5.13. The van der Waals surface area contributed by atoms with Gasteiger partial charge in [-0.15, -0.1) is 0 Å². The molecule has 0 radical (unpaired) electrons. The molecule has 0 atom stereocenters. The Labute approximate surface area is 135 Å². The Morgan fingerprint density at radius 2 is 1.70 bits per heavy atom. The fraction of sp³-hybridized carbons (Fsp3) is 0.438. The fourth-order valence-corrected chi connectivity index (χ4v) is 1.52. The minimum atomic E-state index is -0.555. The quantitative estimate of drug-likeness (QED) is 0.586. The average molecular weight is 322 g/mol. The highest BCUT2D eigenvalue weighted by atomic mass is 16.6. The molecule has 2 N–H and O–H groups in total. The molecule has 0 aliphatic carbocycles. The van der Waals surface area contributed by atoms with Crippen LogP contribution in [-0.2, 0) is 9.53 Å². The smallest absolute Gasteiger partial charge is 0.407 e. The van der Waals surface area contributed by atoms with E-state index in [4.69, 9.17) is 9.47 Å². The fourth-order valence-electron chi connectivity index (χ4n) is 1.52. The molecule has 0 saturated carbocycles. The van der Waals surface area contributed by atoms with Crippen molar-refractivity contribution in [2.24, 2.45) is 0 Å². The van der Waals surface area contributed by atoms with Crippen LogP contribution in [0, 0.1) is 0 Å².